The Morgan fingerprint density at radius 2 is 1.57 bits per heavy atom. The van der Waals surface area contributed by atoms with Crippen molar-refractivity contribution in [2.24, 2.45) is 0 Å². The van der Waals surface area contributed by atoms with Crippen LogP contribution in [0.4, 0.5) is 0 Å². The lowest BCUT2D eigenvalue weighted by atomic mass is 9.96. The largest absolute Gasteiger partial charge is 0.394 e. The summed E-state index contributed by atoms with van der Waals surface area (Å²) in [4.78, 5) is 0. The third-order valence-corrected chi connectivity index (χ3v) is 2.19. The predicted molar refractivity (Wildman–Crippen MR) is 42.0 cm³/mol. The van der Waals surface area contributed by atoms with Crippen LogP contribution in [0.15, 0.2) is 0 Å². The highest BCUT2D eigenvalue weighted by molar-refractivity contribution is 4.91. The molecule has 4 unspecified atom stereocenters. The van der Waals surface area contributed by atoms with Crippen LogP contribution >= 0.6 is 0 Å². The van der Waals surface area contributed by atoms with Gasteiger partial charge in [0.15, 0.2) is 6.29 Å². The van der Waals surface area contributed by atoms with Gasteiger partial charge < -0.3 is 35.4 Å². The summed E-state index contributed by atoms with van der Waals surface area (Å²) in [6.45, 7) is -0.683. The summed E-state index contributed by atoms with van der Waals surface area (Å²) in [7, 11) is 0. The van der Waals surface area contributed by atoms with E-state index >= 15 is 0 Å². The number of aliphatic hydroxyl groups is 6. The highest BCUT2D eigenvalue weighted by Crippen LogP contribution is 2.21. The fraction of sp³-hybridized carbons (Fsp3) is 1.00. The molecular formula is C7H14O7. The summed E-state index contributed by atoms with van der Waals surface area (Å²) >= 11 is 0. The van der Waals surface area contributed by atoms with Gasteiger partial charge in [0.2, 0.25) is 0 Å². The average molecular weight is 210 g/mol. The molecule has 0 amide bonds. The molecule has 0 radical (unpaired) electrons. The summed E-state index contributed by atoms with van der Waals surface area (Å²) in [5.74, 6) is 0. The average Bonchev–Trinajstić information content (AvgIpc) is 2.19. The molecule has 0 bridgehead atoms. The Labute approximate surface area is 79.8 Å². The molecule has 7 nitrogen and oxygen atoms in total. The van der Waals surface area contributed by atoms with E-state index in [1.165, 1.54) is 0 Å². The van der Waals surface area contributed by atoms with E-state index in [-0.39, 0.29) is 0 Å². The molecule has 0 aromatic rings. The summed E-state index contributed by atoms with van der Waals surface area (Å²) < 4.78 is 4.62. The number of ether oxygens (including phenoxy) is 1. The Hall–Kier alpha value is -0.280. The fourth-order valence-corrected chi connectivity index (χ4v) is 1.31. The maximum atomic E-state index is 9.31. The standard InChI is InChI=1S/C7H14O7/c8-1-2(9)6-4(11)3(10)5(12)7(13)14-6/h2-13H,1H2/t2-,3?,4-,5?,6?,7?/m0/s1. The van der Waals surface area contributed by atoms with E-state index in [0.29, 0.717) is 0 Å². The van der Waals surface area contributed by atoms with Gasteiger partial charge in [-0.15, -0.1) is 0 Å². The van der Waals surface area contributed by atoms with E-state index < -0.39 is 43.4 Å². The smallest absolute Gasteiger partial charge is 0.184 e. The molecular weight excluding hydrogens is 196 g/mol. The number of hydrogen-bond acceptors (Lipinski definition) is 7. The third-order valence-electron chi connectivity index (χ3n) is 2.19. The van der Waals surface area contributed by atoms with E-state index in [1.54, 1.807) is 0 Å². The van der Waals surface area contributed by atoms with Crippen molar-refractivity contribution in [3.05, 3.63) is 0 Å². The molecule has 0 aliphatic carbocycles. The van der Waals surface area contributed by atoms with Crippen molar-refractivity contribution >= 4 is 0 Å². The van der Waals surface area contributed by atoms with Crippen LogP contribution < -0.4 is 0 Å². The van der Waals surface area contributed by atoms with Gasteiger partial charge in [0.25, 0.3) is 0 Å². The molecule has 1 saturated heterocycles. The Morgan fingerprint density at radius 1 is 1.00 bits per heavy atom. The van der Waals surface area contributed by atoms with E-state index in [0.717, 1.165) is 0 Å². The van der Waals surface area contributed by atoms with Crippen molar-refractivity contribution in [1.29, 1.82) is 0 Å². The second-order valence-corrected chi connectivity index (χ2v) is 3.21. The molecule has 7 heteroatoms. The van der Waals surface area contributed by atoms with Gasteiger partial charge in [-0.2, -0.15) is 0 Å². The van der Waals surface area contributed by atoms with Crippen LogP contribution in [-0.4, -0.2) is 74.1 Å². The molecule has 1 heterocycles. The number of rotatable bonds is 2. The van der Waals surface area contributed by atoms with Crippen LogP contribution in [0, 0.1) is 0 Å². The molecule has 6 N–H and O–H groups in total. The first kappa shape index (κ1) is 11.8. The van der Waals surface area contributed by atoms with Crippen LogP contribution in [0.3, 0.4) is 0 Å². The minimum atomic E-state index is -1.69. The topological polar surface area (TPSA) is 131 Å². The molecule has 0 aromatic heterocycles. The van der Waals surface area contributed by atoms with Crippen molar-refractivity contribution in [2.45, 2.75) is 36.8 Å². The monoisotopic (exact) mass is 210 g/mol. The van der Waals surface area contributed by atoms with Crippen molar-refractivity contribution in [2.75, 3.05) is 6.61 Å². The zero-order valence-electron chi connectivity index (χ0n) is 7.26. The molecule has 0 saturated carbocycles. The molecule has 1 aliphatic rings. The van der Waals surface area contributed by atoms with Crippen molar-refractivity contribution in [1.82, 2.24) is 0 Å². The van der Waals surface area contributed by atoms with Gasteiger partial charge in [-0.05, 0) is 0 Å². The van der Waals surface area contributed by atoms with E-state index in [9.17, 15) is 10.2 Å². The van der Waals surface area contributed by atoms with Crippen LogP contribution in [0.2, 0.25) is 0 Å². The number of hydrogen-bond donors (Lipinski definition) is 6. The SMILES string of the molecule is OC[C@H](O)C1OC(O)C(O)C(O)[C@@H]1O. The maximum Gasteiger partial charge on any atom is 0.184 e. The van der Waals surface area contributed by atoms with Crippen LogP contribution in [0.25, 0.3) is 0 Å². The lowest BCUT2D eigenvalue weighted by molar-refractivity contribution is -0.298. The van der Waals surface area contributed by atoms with E-state index in [2.05, 4.69) is 4.74 Å². The molecule has 6 atom stereocenters. The molecule has 84 valence electrons. The highest BCUT2D eigenvalue weighted by Gasteiger charge is 2.45. The first-order valence-corrected chi connectivity index (χ1v) is 4.15. The highest BCUT2D eigenvalue weighted by atomic mass is 16.6. The van der Waals surface area contributed by atoms with Gasteiger partial charge in [-0.25, -0.2) is 0 Å². The quantitative estimate of drug-likeness (QED) is 0.275. The summed E-state index contributed by atoms with van der Waals surface area (Å²) in [6, 6.07) is 0. The lowest BCUT2D eigenvalue weighted by Crippen LogP contribution is -2.61. The lowest BCUT2D eigenvalue weighted by Gasteiger charge is -2.39. The van der Waals surface area contributed by atoms with Crippen molar-refractivity contribution in [3.63, 3.8) is 0 Å². The Kier molecular flexibility index (Phi) is 3.78. The zero-order chi connectivity index (χ0) is 10.9. The Balaban J connectivity index is 2.70. The van der Waals surface area contributed by atoms with Crippen LogP contribution in [-0.2, 0) is 4.74 Å². The molecule has 0 spiro atoms. The minimum absolute atomic E-state index is 0.683. The normalized spacial score (nSPS) is 46.3. The minimum Gasteiger partial charge on any atom is -0.394 e. The van der Waals surface area contributed by atoms with Crippen LogP contribution in [0.1, 0.15) is 0 Å². The second-order valence-electron chi connectivity index (χ2n) is 3.21. The van der Waals surface area contributed by atoms with Crippen LogP contribution in [0.5, 0.6) is 0 Å². The molecule has 1 fully saturated rings. The van der Waals surface area contributed by atoms with Gasteiger partial charge in [0.05, 0.1) is 6.61 Å². The second kappa shape index (κ2) is 4.49. The van der Waals surface area contributed by atoms with Crippen molar-refractivity contribution in [3.8, 4) is 0 Å². The van der Waals surface area contributed by atoms with E-state index in [1.807, 2.05) is 0 Å². The summed E-state index contributed by atoms with van der Waals surface area (Å²) in [5, 5.41) is 54.3. The molecule has 0 aromatic carbocycles. The van der Waals surface area contributed by atoms with Gasteiger partial charge >= 0.3 is 0 Å². The van der Waals surface area contributed by atoms with Crippen molar-refractivity contribution < 1.29 is 35.4 Å². The molecule has 1 aliphatic heterocycles. The van der Waals surface area contributed by atoms with E-state index in [4.69, 9.17) is 20.4 Å². The summed E-state index contributed by atoms with van der Waals surface area (Å²) in [6.07, 6.45) is -9.26. The van der Waals surface area contributed by atoms with Gasteiger partial charge in [0, 0.05) is 0 Å². The first-order chi connectivity index (χ1) is 6.49. The Bertz CT molecular complexity index is 187. The number of aliphatic hydroxyl groups excluding tert-OH is 6. The van der Waals surface area contributed by atoms with Gasteiger partial charge in [0.1, 0.15) is 30.5 Å². The Morgan fingerprint density at radius 3 is 2.07 bits per heavy atom. The maximum absolute atomic E-state index is 9.31. The molecule has 14 heavy (non-hydrogen) atoms. The van der Waals surface area contributed by atoms with Gasteiger partial charge in [-0.1, -0.05) is 0 Å². The zero-order valence-corrected chi connectivity index (χ0v) is 7.26. The third kappa shape index (κ3) is 2.04. The molecule has 1 rings (SSSR count). The fourth-order valence-electron chi connectivity index (χ4n) is 1.31. The predicted octanol–water partition coefficient (Wildman–Crippen LogP) is -3.86. The van der Waals surface area contributed by atoms with Gasteiger partial charge in [-0.3, -0.25) is 0 Å². The summed E-state index contributed by atoms with van der Waals surface area (Å²) in [5.41, 5.74) is 0. The first-order valence-electron chi connectivity index (χ1n) is 4.15.